The molecular formula is C10H12N8OS. The summed E-state index contributed by atoms with van der Waals surface area (Å²) in [6.45, 7) is 2.42. The van der Waals surface area contributed by atoms with E-state index in [9.17, 15) is 4.79 Å². The summed E-state index contributed by atoms with van der Waals surface area (Å²) in [6.07, 6.45) is 1.56. The lowest BCUT2D eigenvalue weighted by Crippen LogP contribution is -2.16. The maximum Gasteiger partial charge on any atom is 0.343 e. The number of aromatic nitrogens is 7. The smallest absolute Gasteiger partial charge is 0.343 e. The zero-order valence-electron chi connectivity index (χ0n) is 10.8. The van der Waals surface area contributed by atoms with Gasteiger partial charge in [0, 0.05) is 13.6 Å². The van der Waals surface area contributed by atoms with E-state index in [4.69, 9.17) is 0 Å². The van der Waals surface area contributed by atoms with Crippen LogP contribution in [0.1, 0.15) is 6.92 Å². The fraction of sp³-hybridized carbons (Fsp3) is 0.300. The third kappa shape index (κ3) is 2.03. The predicted molar refractivity (Wildman–Crippen MR) is 73.9 cm³/mol. The molecule has 0 aromatic carbocycles. The molecule has 20 heavy (non-hydrogen) atoms. The van der Waals surface area contributed by atoms with Crippen LogP contribution in [-0.2, 0) is 6.54 Å². The van der Waals surface area contributed by atoms with E-state index >= 15 is 0 Å². The summed E-state index contributed by atoms with van der Waals surface area (Å²) < 4.78 is 1.54. The number of H-pyrrole nitrogens is 2. The number of rotatable bonds is 4. The monoisotopic (exact) mass is 292 g/mol. The first-order valence-corrected chi connectivity index (χ1v) is 6.76. The second kappa shape index (κ2) is 4.96. The van der Waals surface area contributed by atoms with Crippen LogP contribution in [0, 0.1) is 0 Å². The first-order valence-electron chi connectivity index (χ1n) is 5.95. The molecule has 0 aliphatic heterocycles. The van der Waals surface area contributed by atoms with Gasteiger partial charge in [0.15, 0.2) is 10.8 Å². The second-order valence-electron chi connectivity index (χ2n) is 3.86. The highest BCUT2D eigenvalue weighted by Crippen LogP contribution is 2.28. The van der Waals surface area contributed by atoms with Gasteiger partial charge in [0.2, 0.25) is 5.95 Å². The van der Waals surface area contributed by atoms with Gasteiger partial charge in [0.1, 0.15) is 10.5 Å². The molecule has 0 fully saturated rings. The molecule has 0 aliphatic rings. The van der Waals surface area contributed by atoms with E-state index in [-0.39, 0.29) is 5.69 Å². The number of hydrogen-bond donors (Lipinski definition) is 3. The van der Waals surface area contributed by atoms with E-state index in [0.29, 0.717) is 33.8 Å². The third-order valence-corrected chi connectivity index (χ3v) is 3.69. The van der Waals surface area contributed by atoms with Crippen LogP contribution < -0.4 is 11.0 Å². The van der Waals surface area contributed by atoms with Crippen molar-refractivity contribution in [3.63, 3.8) is 0 Å². The standard InChI is InChI=1S/C10H12N8OS/c1-3-18-9(19)16-17-10(18)20-7-5-6(13-4-12-5)14-8(11-2)15-7/h4H,3H2,1-2H3,(H,16,19)(H2,11,12,13,14,15). The van der Waals surface area contributed by atoms with Crippen molar-refractivity contribution < 1.29 is 0 Å². The van der Waals surface area contributed by atoms with E-state index in [0.717, 1.165) is 0 Å². The van der Waals surface area contributed by atoms with Gasteiger partial charge in [0.25, 0.3) is 0 Å². The van der Waals surface area contributed by atoms with Crippen LogP contribution in [0.4, 0.5) is 5.95 Å². The van der Waals surface area contributed by atoms with Crippen molar-refractivity contribution in [1.29, 1.82) is 0 Å². The molecule has 0 aliphatic carbocycles. The molecule has 0 radical (unpaired) electrons. The SMILES string of the molecule is CCn1c(Sc2nc(NC)nc3nc[nH]c23)n[nH]c1=O. The van der Waals surface area contributed by atoms with Crippen molar-refractivity contribution in [2.24, 2.45) is 0 Å². The molecule has 104 valence electrons. The van der Waals surface area contributed by atoms with Gasteiger partial charge >= 0.3 is 5.69 Å². The summed E-state index contributed by atoms with van der Waals surface area (Å²) in [5.74, 6) is 0.466. The van der Waals surface area contributed by atoms with Gasteiger partial charge < -0.3 is 10.3 Å². The number of imidazole rings is 1. The Bertz CT molecular complexity index is 803. The lowest BCUT2D eigenvalue weighted by Gasteiger charge is -2.04. The number of nitrogens with zero attached hydrogens (tertiary/aromatic N) is 5. The summed E-state index contributed by atoms with van der Waals surface area (Å²) in [6, 6.07) is 0. The lowest BCUT2D eigenvalue weighted by molar-refractivity contribution is 0.660. The van der Waals surface area contributed by atoms with E-state index in [1.807, 2.05) is 6.92 Å². The fourth-order valence-electron chi connectivity index (χ4n) is 1.74. The van der Waals surface area contributed by atoms with Crippen LogP contribution in [0.15, 0.2) is 21.3 Å². The first kappa shape index (κ1) is 12.7. The first-order chi connectivity index (χ1) is 9.72. The summed E-state index contributed by atoms with van der Waals surface area (Å²) in [5, 5.41) is 10.5. The number of aromatic amines is 2. The van der Waals surface area contributed by atoms with Crippen molar-refractivity contribution in [3.8, 4) is 0 Å². The minimum Gasteiger partial charge on any atom is -0.357 e. The molecule has 0 amide bonds. The van der Waals surface area contributed by atoms with Crippen molar-refractivity contribution in [2.45, 2.75) is 23.7 Å². The van der Waals surface area contributed by atoms with Gasteiger partial charge in [-0.15, -0.1) is 5.10 Å². The highest BCUT2D eigenvalue weighted by molar-refractivity contribution is 7.99. The maximum absolute atomic E-state index is 11.6. The summed E-state index contributed by atoms with van der Waals surface area (Å²) >= 11 is 1.28. The minimum atomic E-state index is -0.237. The Balaban J connectivity index is 2.09. The Labute approximate surface area is 117 Å². The van der Waals surface area contributed by atoms with Crippen LogP contribution in [0.25, 0.3) is 11.2 Å². The van der Waals surface area contributed by atoms with Crippen molar-refractivity contribution in [2.75, 3.05) is 12.4 Å². The zero-order chi connectivity index (χ0) is 14.1. The topological polar surface area (TPSA) is 117 Å². The largest absolute Gasteiger partial charge is 0.357 e. The normalized spacial score (nSPS) is 11.1. The van der Waals surface area contributed by atoms with E-state index in [1.165, 1.54) is 16.3 Å². The molecule has 3 N–H and O–H groups in total. The summed E-state index contributed by atoms with van der Waals surface area (Å²) in [5.41, 5.74) is 1.04. The second-order valence-corrected chi connectivity index (χ2v) is 4.82. The molecule has 3 aromatic heterocycles. The van der Waals surface area contributed by atoms with E-state index < -0.39 is 0 Å². The molecule has 0 saturated heterocycles. The molecule has 3 heterocycles. The average Bonchev–Trinajstić information content (AvgIpc) is 3.05. The molecular weight excluding hydrogens is 280 g/mol. The number of hydrogen-bond acceptors (Lipinski definition) is 7. The Morgan fingerprint density at radius 3 is 3.05 bits per heavy atom. The summed E-state index contributed by atoms with van der Waals surface area (Å²) in [7, 11) is 1.73. The van der Waals surface area contributed by atoms with Gasteiger partial charge in [-0.25, -0.2) is 19.9 Å². The van der Waals surface area contributed by atoms with Crippen LogP contribution >= 0.6 is 11.8 Å². The Morgan fingerprint density at radius 2 is 2.30 bits per heavy atom. The van der Waals surface area contributed by atoms with E-state index in [2.05, 4.69) is 35.5 Å². The highest BCUT2D eigenvalue weighted by atomic mass is 32.2. The van der Waals surface area contributed by atoms with Gasteiger partial charge in [-0.1, -0.05) is 0 Å². The van der Waals surface area contributed by atoms with Crippen LogP contribution in [0.3, 0.4) is 0 Å². The molecule has 0 atom stereocenters. The number of anilines is 1. The molecule has 0 unspecified atom stereocenters. The Hall–Kier alpha value is -2.36. The molecule has 0 saturated carbocycles. The van der Waals surface area contributed by atoms with Crippen molar-refractivity contribution in [3.05, 3.63) is 16.8 Å². The molecule has 10 heteroatoms. The predicted octanol–water partition coefficient (Wildman–Crippen LogP) is 0.450. The van der Waals surface area contributed by atoms with Crippen molar-refractivity contribution >= 4 is 28.9 Å². The molecule has 9 nitrogen and oxygen atoms in total. The van der Waals surface area contributed by atoms with Crippen LogP contribution in [0.2, 0.25) is 0 Å². The van der Waals surface area contributed by atoms with Gasteiger partial charge in [-0.2, -0.15) is 4.98 Å². The zero-order valence-corrected chi connectivity index (χ0v) is 11.7. The van der Waals surface area contributed by atoms with Crippen LogP contribution in [0.5, 0.6) is 0 Å². The fourth-order valence-corrected chi connectivity index (χ4v) is 2.71. The highest BCUT2D eigenvalue weighted by Gasteiger charge is 2.15. The van der Waals surface area contributed by atoms with Crippen molar-refractivity contribution in [1.82, 2.24) is 34.7 Å². The van der Waals surface area contributed by atoms with Crippen LogP contribution in [-0.4, -0.2) is 41.7 Å². The molecule has 0 bridgehead atoms. The minimum absolute atomic E-state index is 0.237. The maximum atomic E-state index is 11.6. The Morgan fingerprint density at radius 1 is 1.45 bits per heavy atom. The summed E-state index contributed by atoms with van der Waals surface area (Å²) in [4.78, 5) is 27.3. The third-order valence-electron chi connectivity index (χ3n) is 2.70. The quantitative estimate of drug-likeness (QED) is 0.597. The van der Waals surface area contributed by atoms with E-state index in [1.54, 1.807) is 13.4 Å². The van der Waals surface area contributed by atoms with Gasteiger partial charge in [0.05, 0.1) is 6.33 Å². The molecule has 3 aromatic rings. The molecule has 0 spiro atoms. The lowest BCUT2D eigenvalue weighted by atomic mass is 10.5. The van der Waals surface area contributed by atoms with Gasteiger partial charge in [-0.05, 0) is 18.7 Å². The molecule has 3 rings (SSSR count). The van der Waals surface area contributed by atoms with Gasteiger partial charge in [-0.3, -0.25) is 4.57 Å². The Kier molecular flexibility index (Phi) is 3.14. The average molecular weight is 292 g/mol. The number of nitrogens with one attached hydrogen (secondary N) is 3. The number of fused-ring (bicyclic) bond motifs is 1.